The third-order valence-electron chi connectivity index (χ3n) is 4.21. The van der Waals surface area contributed by atoms with Crippen LogP contribution >= 0.6 is 12.2 Å². The molecule has 0 spiro atoms. The minimum absolute atomic E-state index is 0.135. The smallest absolute Gasteiger partial charge is 0.276 e. The number of nitrogens with one attached hydrogen (secondary N) is 3. The van der Waals surface area contributed by atoms with Crippen molar-refractivity contribution in [3.8, 4) is 16.9 Å². The summed E-state index contributed by atoms with van der Waals surface area (Å²) in [5.74, 6) is -0.570. The number of carbonyl (C=O) groups is 2. The number of nitro groups is 1. The number of carbonyl (C=O) groups excluding carboxylic acids is 2. The van der Waals surface area contributed by atoms with Crippen LogP contribution in [0.1, 0.15) is 10.4 Å². The maximum atomic E-state index is 12.1. The average Bonchev–Trinajstić information content (AvgIpc) is 2.82. The lowest BCUT2D eigenvalue weighted by Gasteiger charge is -2.11. The Morgan fingerprint density at radius 3 is 2.12 bits per heavy atom. The number of benzene rings is 3. The van der Waals surface area contributed by atoms with Gasteiger partial charge in [0, 0.05) is 17.7 Å². The largest absolute Gasteiger partial charge is 0.484 e. The summed E-state index contributed by atoms with van der Waals surface area (Å²) in [5, 5.41) is 12.9. The summed E-state index contributed by atoms with van der Waals surface area (Å²) >= 11 is 4.95. The van der Waals surface area contributed by atoms with Crippen molar-refractivity contribution in [2.75, 3.05) is 6.61 Å². The molecular weight excluding hydrogens is 432 g/mol. The molecule has 0 radical (unpaired) electrons. The summed E-state index contributed by atoms with van der Waals surface area (Å²) < 4.78 is 5.43. The lowest BCUT2D eigenvalue weighted by Crippen LogP contribution is -2.49. The Balaban J connectivity index is 1.41. The third kappa shape index (κ3) is 6.34. The first-order chi connectivity index (χ1) is 15.4. The number of rotatable bonds is 6. The molecule has 0 aromatic heterocycles. The molecule has 9 nitrogen and oxygen atoms in total. The molecular formula is C22H18N4O5S. The van der Waals surface area contributed by atoms with E-state index in [0.29, 0.717) is 5.75 Å². The van der Waals surface area contributed by atoms with E-state index >= 15 is 0 Å². The predicted octanol–water partition coefficient (Wildman–Crippen LogP) is 2.98. The van der Waals surface area contributed by atoms with Gasteiger partial charge in [0.1, 0.15) is 5.75 Å². The Morgan fingerprint density at radius 1 is 0.875 bits per heavy atom. The highest BCUT2D eigenvalue weighted by atomic mass is 32.1. The second-order valence-corrected chi connectivity index (χ2v) is 6.85. The quantitative estimate of drug-likeness (QED) is 0.300. The fraction of sp³-hybridized carbons (Fsp3) is 0.0455. The van der Waals surface area contributed by atoms with E-state index in [0.717, 1.165) is 11.1 Å². The minimum Gasteiger partial charge on any atom is -0.484 e. The zero-order valence-electron chi connectivity index (χ0n) is 16.6. The first kappa shape index (κ1) is 22.4. The molecule has 0 unspecified atom stereocenters. The molecule has 3 aromatic rings. The van der Waals surface area contributed by atoms with E-state index in [1.54, 1.807) is 12.1 Å². The van der Waals surface area contributed by atoms with Crippen LogP contribution in [-0.2, 0) is 4.79 Å². The molecule has 3 aromatic carbocycles. The van der Waals surface area contributed by atoms with Gasteiger partial charge in [-0.15, -0.1) is 0 Å². The van der Waals surface area contributed by atoms with E-state index in [1.807, 2.05) is 42.5 Å². The van der Waals surface area contributed by atoms with Gasteiger partial charge in [-0.25, -0.2) is 0 Å². The maximum absolute atomic E-state index is 12.1. The van der Waals surface area contributed by atoms with Crippen molar-refractivity contribution in [2.24, 2.45) is 0 Å². The second kappa shape index (κ2) is 10.6. The fourth-order valence-electron chi connectivity index (χ4n) is 2.63. The number of nitro benzene ring substituents is 1. The number of thiocarbonyl (C=S) groups is 1. The Kier molecular flexibility index (Phi) is 7.44. The number of ether oxygens (including phenoxy) is 1. The molecule has 3 N–H and O–H groups in total. The molecule has 0 saturated heterocycles. The van der Waals surface area contributed by atoms with Crippen molar-refractivity contribution in [1.29, 1.82) is 0 Å². The van der Waals surface area contributed by atoms with Gasteiger partial charge in [0.05, 0.1) is 4.92 Å². The van der Waals surface area contributed by atoms with Crippen LogP contribution in [0.3, 0.4) is 0 Å². The Morgan fingerprint density at radius 2 is 1.50 bits per heavy atom. The number of hydrazine groups is 1. The van der Waals surface area contributed by atoms with Gasteiger partial charge < -0.3 is 4.74 Å². The third-order valence-corrected chi connectivity index (χ3v) is 4.42. The molecule has 162 valence electrons. The molecule has 0 aliphatic heterocycles. The van der Waals surface area contributed by atoms with Gasteiger partial charge in [-0.1, -0.05) is 42.5 Å². The van der Waals surface area contributed by atoms with E-state index in [2.05, 4.69) is 16.2 Å². The van der Waals surface area contributed by atoms with Gasteiger partial charge in [-0.05, 0) is 47.6 Å². The minimum atomic E-state index is -0.582. The predicted molar refractivity (Wildman–Crippen MR) is 122 cm³/mol. The summed E-state index contributed by atoms with van der Waals surface area (Å²) in [6.07, 6.45) is 0. The van der Waals surface area contributed by atoms with Crippen molar-refractivity contribution in [3.63, 3.8) is 0 Å². The molecule has 10 heteroatoms. The first-order valence-corrected chi connectivity index (χ1v) is 9.76. The zero-order valence-corrected chi connectivity index (χ0v) is 17.4. The van der Waals surface area contributed by atoms with Gasteiger partial charge in [0.25, 0.3) is 17.5 Å². The van der Waals surface area contributed by atoms with Gasteiger partial charge in [0.2, 0.25) is 0 Å². The van der Waals surface area contributed by atoms with Crippen LogP contribution in [0.15, 0.2) is 78.9 Å². The summed E-state index contributed by atoms with van der Waals surface area (Å²) in [7, 11) is 0. The van der Waals surface area contributed by atoms with Crippen molar-refractivity contribution >= 4 is 34.8 Å². The standard InChI is InChI=1S/C22H18N4O5S/c27-20(14-31-19-12-8-16(9-13-19)15-4-2-1-3-5-15)24-25-22(32)23-21(28)17-6-10-18(11-7-17)26(29)30/h1-13H,14H2,(H,24,27)(H2,23,25,28,32). The van der Waals surface area contributed by atoms with Crippen molar-refractivity contribution in [1.82, 2.24) is 16.2 Å². The molecule has 0 atom stereocenters. The summed E-state index contributed by atoms with van der Waals surface area (Å²) in [5.41, 5.74) is 6.84. The zero-order chi connectivity index (χ0) is 22.9. The molecule has 3 rings (SSSR count). The normalized spacial score (nSPS) is 10.0. The van der Waals surface area contributed by atoms with E-state index < -0.39 is 16.7 Å². The maximum Gasteiger partial charge on any atom is 0.276 e. The van der Waals surface area contributed by atoms with Gasteiger partial charge in [-0.2, -0.15) is 0 Å². The van der Waals surface area contributed by atoms with Gasteiger partial charge in [0.15, 0.2) is 11.7 Å². The van der Waals surface area contributed by atoms with Gasteiger partial charge >= 0.3 is 0 Å². The Labute approximate surface area is 188 Å². The molecule has 0 bridgehead atoms. The number of hydrogen-bond donors (Lipinski definition) is 3. The lowest BCUT2D eigenvalue weighted by molar-refractivity contribution is -0.384. The molecule has 2 amide bonds. The average molecular weight is 450 g/mol. The van der Waals surface area contributed by atoms with Crippen LogP contribution in [0.5, 0.6) is 5.75 Å². The molecule has 0 saturated carbocycles. The summed E-state index contributed by atoms with van der Waals surface area (Å²) in [6.45, 7) is -0.267. The van der Waals surface area contributed by atoms with Crippen molar-refractivity contribution in [3.05, 3.63) is 94.5 Å². The van der Waals surface area contributed by atoms with Crippen LogP contribution in [0.25, 0.3) is 11.1 Å². The van der Waals surface area contributed by atoms with Crippen LogP contribution < -0.4 is 20.9 Å². The first-order valence-electron chi connectivity index (χ1n) is 9.35. The molecule has 0 aliphatic rings. The van der Waals surface area contributed by atoms with Crippen molar-refractivity contribution < 1.29 is 19.2 Å². The SMILES string of the molecule is O=C(COc1ccc(-c2ccccc2)cc1)NNC(=S)NC(=O)c1ccc([N+](=O)[O-])cc1. The van der Waals surface area contributed by atoms with E-state index in [1.165, 1.54) is 24.3 Å². The Bertz CT molecular complexity index is 1120. The Hall–Kier alpha value is -4.31. The highest BCUT2D eigenvalue weighted by Crippen LogP contribution is 2.21. The number of nitrogens with zero attached hydrogens (tertiary/aromatic N) is 1. The monoisotopic (exact) mass is 450 g/mol. The highest BCUT2D eigenvalue weighted by molar-refractivity contribution is 7.80. The number of amides is 2. The van der Waals surface area contributed by atoms with Gasteiger partial charge in [-0.3, -0.25) is 35.9 Å². The van der Waals surface area contributed by atoms with E-state index in [9.17, 15) is 19.7 Å². The number of non-ortho nitro benzene ring substituents is 1. The molecule has 0 fully saturated rings. The van der Waals surface area contributed by atoms with E-state index in [-0.39, 0.29) is 23.0 Å². The van der Waals surface area contributed by atoms with Crippen molar-refractivity contribution in [2.45, 2.75) is 0 Å². The molecule has 32 heavy (non-hydrogen) atoms. The topological polar surface area (TPSA) is 123 Å². The van der Waals surface area contributed by atoms with E-state index in [4.69, 9.17) is 17.0 Å². The van der Waals surface area contributed by atoms with Crippen LogP contribution in [0, 0.1) is 10.1 Å². The summed E-state index contributed by atoms with van der Waals surface area (Å²) in [4.78, 5) is 34.1. The van der Waals surface area contributed by atoms with Crippen LogP contribution in [0.2, 0.25) is 0 Å². The molecule has 0 aliphatic carbocycles. The lowest BCUT2D eigenvalue weighted by atomic mass is 10.1. The van der Waals surface area contributed by atoms with Crippen LogP contribution in [-0.4, -0.2) is 28.5 Å². The number of hydrogen-bond acceptors (Lipinski definition) is 6. The fourth-order valence-corrected chi connectivity index (χ4v) is 2.77. The van der Waals surface area contributed by atoms with Crippen LogP contribution in [0.4, 0.5) is 5.69 Å². The molecule has 0 heterocycles. The summed E-state index contributed by atoms with van der Waals surface area (Å²) in [6, 6.07) is 22.2. The second-order valence-electron chi connectivity index (χ2n) is 6.44. The highest BCUT2D eigenvalue weighted by Gasteiger charge is 2.11.